The quantitative estimate of drug-likeness (QED) is 0.677. The first kappa shape index (κ1) is 14.9. The third kappa shape index (κ3) is 3.35. The van der Waals surface area contributed by atoms with Gasteiger partial charge in [0.2, 0.25) is 5.75 Å². The topological polar surface area (TPSA) is 72.6 Å². The van der Waals surface area contributed by atoms with E-state index in [9.17, 15) is 14.5 Å². The summed E-state index contributed by atoms with van der Waals surface area (Å²) in [5, 5.41) is 20.0. The monoisotopic (exact) mass is 291 g/mol. The van der Waals surface area contributed by atoms with E-state index in [1.54, 1.807) is 24.3 Å². The van der Waals surface area contributed by atoms with Crippen molar-refractivity contribution < 1.29 is 19.2 Å². The normalized spacial score (nSPS) is 10.4. The van der Waals surface area contributed by atoms with Crippen molar-refractivity contribution in [1.29, 1.82) is 0 Å². The Morgan fingerprint density at radius 3 is 2.67 bits per heavy atom. The number of halogens is 1. The van der Waals surface area contributed by atoms with Gasteiger partial charge in [-0.05, 0) is 36.6 Å². The molecule has 0 amide bonds. The van der Waals surface area contributed by atoms with Crippen LogP contribution in [-0.2, 0) is 6.42 Å². The molecule has 0 radical (unpaired) electrons. The predicted molar refractivity (Wildman–Crippen MR) is 75.1 cm³/mol. The summed E-state index contributed by atoms with van der Waals surface area (Å²) in [5.74, 6) is -0.275. The summed E-state index contributed by atoms with van der Waals surface area (Å²) in [6.45, 7) is 1.44. The molecular weight excluding hydrogens is 277 g/mol. The molecular formula is C15H14FNO4. The van der Waals surface area contributed by atoms with Crippen LogP contribution >= 0.6 is 0 Å². The number of rotatable bonds is 5. The Bertz CT molecular complexity index is 673. The molecule has 2 aromatic rings. The zero-order chi connectivity index (χ0) is 15.4. The van der Waals surface area contributed by atoms with Crippen LogP contribution in [0, 0.1) is 22.9 Å². The van der Waals surface area contributed by atoms with Crippen molar-refractivity contribution in [3.8, 4) is 11.5 Å². The molecule has 21 heavy (non-hydrogen) atoms. The summed E-state index contributed by atoms with van der Waals surface area (Å²) >= 11 is 0. The molecule has 2 aromatic carbocycles. The summed E-state index contributed by atoms with van der Waals surface area (Å²) < 4.78 is 19.0. The van der Waals surface area contributed by atoms with Crippen molar-refractivity contribution in [2.75, 3.05) is 6.61 Å². The number of hydrogen-bond donors (Lipinski definition) is 1. The molecule has 0 atom stereocenters. The molecule has 0 unspecified atom stereocenters. The van der Waals surface area contributed by atoms with Crippen LogP contribution in [-0.4, -0.2) is 16.6 Å². The highest BCUT2D eigenvalue weighted by Gasteiger charge is 2.19. The van der Waals surface area contributed by atoms with Crippen LogP contribution < -0.4 is 4.74 Å². The van der Waals surface area contributed by atoms with E-state index in [4.69, 9.17) is 9.84 Å². The lowest BCUT2D eigenvalue weighted by Gasteiger charge is -2.11. The summed E-state index contributed by atoms with van der Waals surface area (Å²) in [6, 6.07) is 9.05. The largest absolute Gasteiger partial charge is 0.450 e. The van der Waals surface area contributed by atoms with Crippen LogP contribution in [0.1, 0.15) is 11.1 Å². The van der Waals surface area contributed by atoms with Gasteiger partial charge in [-0.1, -0.05) is 18.2 Å². The Hall–Kier alpha value is -2.47. The number of nitro groups is 1. The average Bonchev–Trinajstić information content (AvgIpc) is 2.44. The lowest BCUT2D eigenvalue weighted by Crippen LogP contribution is -1.99. The lowest BCUT2D eigenvalue weighted by molar-refractivity contribution is -0.385. The first-order valence-electron chi connectivity index (χ1n) is 6.34. The van der Waals surface area contributed by atoms with E-state index in [1.807, 2.05) is 0 Å². The Morgan fingerprint density at radius 2 is 2.00 bits per heavy atom. The molecule has 6 heteroatoms. The molecule has 0 saturated heterocycles. The minimum Gasteiger partial charge on any atom is -0.450 e. The second-order valence-corrected chi connectivity index (χ2v) is 4.51. The van der Waals surface area contributed by atoms with Crippen molar-refractivity contribution in [3.63, 3.8) is 0 Å². The predicted octanol–water partition coefficient (Wildman–Crippen LogP) is 3.37. The Balaban J connectivity index is 2.44. The van der Waals surface area contributed by atoms with Crippen molar-refractivity contribution in [2.45, 2.75) is 13.3 Å². The number of para-hydroxylation sites is 1. The van der Waals surface area contributed by atoms with Gasteiger partial charge in [0.05, 0.1) is 11.0 Å². The fourth-order valence-electron chi connectivity index (χ4n) is 1.92. The third-order valence-electron chi connectivity index (χ3n) is 3.01. The maximum Gasteiger partial charge on any atom is 0.314 e. The zero-order valence-electron chi connectivity index (χ0n) is 11.4. The first-order chi connectivity index (χ1) is 10.0. The smallest absolute Gasteiger partial charge is 0.314 e. The molecule has 0 aromatic heterocycles. The van der Waals surface area contributed by atoms with Gasteiger partial charge < -0.3 is 9.84 Å². The SMILES string of the molecule is Cc1cc(Oc2ccccc2CCO)c([N+](=O)[O-])cc1F. The number of benzene rings is 2. The standard InChI is InChI=1S/C15H14FNO4/c1-10-8-15(13(17(19)20)9-12(10)16)21-14-5-3-2-4-11(14)6-7-18/h2-5,8-9,18H,6-7H2,1H3. The van der Waals surface area contributed by atoms with E-state index in [-0.39, 0.29) is 17.9 Å². The second-order valence-electron chi connectivity index (χ2n) is 4.51. The van der Waals surface area contributed by atoms with Gasteiger partial charge in [-0.25, -0.2) is 4.39 Å². The molecule has 0 aliphatic heterocycles. The van der Waals surface area contributed by atoms with E-state index < -0.39 is 16.4 Å². The summed E-state index contributed by atoms with van der Waals surface area (Å²) in [6.07, 6.45) is 0.365. The minimum atomic E-state index is -0.688. The summed E-state index contributed by atoms with van der Waals surface area (Å²) in [5.41, 5.74) is 0.545. The van der Waals surface area contributed by atoms with Gasteiger partial charge >= 0.3 is 5.69 Å². The highest BCUT2D eigenvalue weighted by molar-refractivity contribution is 5.51. The number of nitro benzene ring substituents is 1. The van der Waals surface area contributed by atoms with E-state index in [0.29, 0.717) is 12.2 Å². The van der Waals surface area contributed by atoms with Gasteiger partial charge in [0, 0.05) is 6.61 Å². The average molecular weight is 291 g/mol. The highest BCUT2D eigenvalue weighted by atomic mass is 19.1. The number of hydrogen-bond acceptors (Lipinski definition) is 4. The Morgan fingerprint density at radius 1 is 1.29 bits per heavy atom. The van der Waals surface area contributed by atoms with Gasteiger partial charge in [0.25, 0.3) is 0 Å². The van der Waals surface area contributed by atoms with Gasteiger partial charge in [-0.3, -0.25) is 10.1 Å². The maximum absolute atomic E-state index is 13.5. The molecule has 0 fully saturated rings. The number of ether oxygens (including phenoxy) is 1. The third-order valence-corrected chi connectivity index (χ3v) is 3.01. The van der Waals surface area contributed by atoms with Crippen LogP contribution in [0.5, 0.6) is 11.5 Å². The van der Waals surface area contributed by atoms with Gasteiger partial charge in [-0.2, -0.15) is 0 Å². The van der Waals surface area contributed by atoms with Crippen LogP contribution in [0.2, 0.25) is 0 Å². The molecule has 2 rings (SSSR count). The van der Waals surface area contributed by atoms with E-state index >= 15 is 0 Å². The summed E-state index contributed by atoms with van der Waals surface area (Å²) in [7, 11) is 0. The molecule has 0 saturated carbocycles. The van der Waals surface area contributed by atoms with Crippen molar-refractivity contribution >= 4 is 5.69 Å². The Labute approximate surface area is 120 Å². The number of aliphatic hydroxyl groups is 1. The van der Waals surface area contributed by atoms with E-state index in [0.717, 1.165) is 11.6 Å². The molecule has 0 spiro atoms. The number of aliphatic hydroxyl groups excluding tert-OH is 1. The molecule has 0 heterocycles. The highest BCUT2D eigenvalue weighted by Crippen LogP contribution is 2.34. The van der Waals surface area contributed by atoms with Crippen molar-refractivity contribution in [2.24, 2.45) is 0 Å². The number of aryl methyl sites for hydroxylation is 1. The molecule has 110 valence electrons. The maximum atomic E-state index is 13.5. The lowest BCUT2D eigenvalue weighted by atomic mass is 10.1. The zero-order valence-corrected chi connectivity index (χ0v) is 11.4. The van der Waals surface area contributed by atoms with Crippen LogP contribution in [0.25, 0.3) is 0 Å². The molecule has 1 N–H and O–H groups in total. The van der Waals surface area contributed by atoms with Crippen molar-refractivity contribution in [1.82, 2.24) is 0 Å². The van der Waals surface area contributed by atoms with E-state index in [1.165, 1.54) is 13.0 Å². The second kappa shape index (κ2) is 6.32. The van der Waals surface area contributed by atoms with Crippen LogP contribution in [0.4, 0.5) is 10.1 Å². The summed E-state index contributed by atoms with van der Waals surface area (Å²) in [4.78, 5) is 10.3. The molecule has 5 nitrogen and oxygen atoms in total. The molecule has 0 aliphatic carbocycles. The fraction of sp³-hybridized carbons (Fsp3) is 0.200. The van der Waals surface area contributed by atoms with Gasteiger partial charge in [-0.15, -0.1) is 0 Å². The van der Waals surface area contributed by atoms with Gasteiger partial charge in [0.15, 0.2) is 0 Å². The van der Waals surface area contributed by atoms with Gasteiger partial charge in [0.1, 0.15) is 11.6 Å². The molecule has 0 bridgehead atoms. The van der Waals surface area contributed by atoms with Crippen LogP contribution in [0.15, 0.2) is 36.4 Å². The van der Waals surface area contributed by atoms with E-state index in [2.05, 4.69) is 0 Å². The minimum absolute atomic E-state index is 0.0238. The first-order valence-corrected chi connectivity index (χ1v) is 6.34. The Kier molecular flexibility index (Phi) is 4.49. The van der Waals surface area contributed by atoms with Crippen LogP contribution in [0.3, 0.4) is 0 Å². The molecule has 0 aliphatic rings. The van der Waals surface area contributed by atoms with Crippen molar-refractivity contribution in [3.05, 3.63) is 63.5 Å². The fourth-order valence-corrected chi connectivity index (χ4v) is 1.92. The number of nitrogens with zero attached hydrogens (tertiary/aromatic N) is 1.